The molecule has 2 aromatic rings. The van der Waals surface area contributed by atoms with Crippen LogP contribution in [-0.2, 0) is 14.8 Å². The Kier molecular flexibility index (Phi) is 5.48. The Balaban J connectivity index is 1.58. The van der Waals surface area contributed by atoms with E-state index in [9.17, 15) is 13.2 Å². The van der Waals surface area contributed by atoms with E-state index in [0.717, 1.165) is 0 Å². The molecule has 1 aliphatic rings. The maximum atomic E-state index is 12.6. The number of hydrogen-bond acceptors (Lipinski definition) is 6. The van der Waals surface area contributed by atoms with Gasteiger partial charge in [-0.3, -0.25) is 9.78 Å². The number of nitrogens with one attached hydrogen (secondary N) is 1. The molecule has 0 unspecified atom stereocenters. The lowest BCUT2D eigenvalue weighted by molar-refractivity contribution is -0.120. The zero-order valence-electron chi connectivity index (χ0n) is 14.3. The number of methoxy groups -OCH3 is 1. The van der Waals surface area contributed by atoms with Gasteiger partial charge in [0.1, 0.15) is 4.90 Å². The van der Waals surface area contributed by atoms with Gasteiger partial charge in [0.2, 0.25) is 21.8 Å². The van der Waals surface area contributed by atoms with E-state index in [2.05, 4.69) is 15.3 Å². The van der Waals surface area contributed by atoms with Gasteiger partial charge in [-0.05, 0) is 31.0 Å². The molecule has 0 aliphatic carbocycles. The summed E-state index contributed by atoms with van der Waals surface area (Å²) < 4.78 is 31.5. The SMILES string of the molecule is COc1ccc(NC(=O)C2CCN(S(=O)(=O)c3cccnc3)CC2)cn1. The van der Waals surface area contributed by atoms with E-state index < -0.39 is 10.0 Å². The second-order valence-electron chi connectivity index (χ2n) is 5.95. The van der Waals surface area contributed by atoms with Gasteiger partial charge < -0.3 is 10.1 Å². The highest BCUT2D eigenvalue weighted by atomic mass is 32.2. The van der Waals surface area contributed by atoms with Crippen LogP contribution in [0.3, 0.4) is 0 Å². The summed E-state index contributed by atoms with van der Waals surface area (Å²) in [5.74, 6) is 0.102. The van der Waals surface area contributed by atoms with Crippen LogP contribution in [0.2, 0.25) is 0 Å². The average molecular weight is 376 g/mol. The van der Waals surface area contributed by atoms with Crippen molar-refractivity contribution >= 4 is 21.6 Å². The summed E-state index contributed by atoms with van der Waals surface area (Å²) in [5.41, 5.74) is 0.584. The van der Waals surface area contributed by atoms with Crippen molar-refractivity contribution in [2.24, 2.45) is 5.92 Å². The molecule has 1 amide bonds. The summed E-state index contributed by atoms with van der Waals surface area (Å²) in [6.45, 7) is 0.604. The van der Waals surface area contributed by atoms with Gasteiger partial charge in [0, 0.05) is 37.5 Å². The predicted molar refractivity (Wildman–Crippen MR) is 95.1 cm³/mol. The molecule has 1 fully saturated rings. The molecule has 0 saturated carbocycles. The predicted octanol–water partition coefficient (Wildman–Crippen LogP) is 1.52. The van der Waals surface area contributed by atoms with E-state index in [-0.39, 0.29) is 16.7 Å². The lowest BCUT2D eigenvalue weighted by Gasteiger charge is -2.30. The molecule has 26 heavy (non-hydrogen) atoms. The van der Waals surface area contributed by atoms with Gasteiger partial charge in [-0.15, -0.1) is 0 Å². The average Bonchev–Trinajstić information content (AvgIpc) is 2.69. The summed E-state index contributed by atoms with van der Waals surface area (Å²) in [7, 11) is -2.04. The second-order valence-corrected chi connectivity index (χ2v) is 7.88. The van der Waals surface area contributed by atoms with Crippen molar-refractivity contribution in [3.63, 3.8) is 0 Å². The molecule has 3 rings (SSSR count). The number of carbonyl (C=O) groups is 1. The molecule has 8 nitrogen and oxygen atoms in total. The number of carbonyl (C=O) groups excluding carboxylic acids is 1. The topological polar surface area (TPSA) is 101 Å². The molecule has 3 heterocycles. The first-order chi connectivity index (χ1) is 12.5. The number of aromatic nitrogens is 2. The van der Waals surface area contributed by atoms with E-state index in [1.807, 2.05) is 0 Å². The van der Waals surface area contributed by atoms with E-state index in [0.29, 0.717) is 37.5 Å². The molecular formula is C17H20N4O4S. The van der Waals surface area contributed by atoms with Crippen molar-refractivity contribution in [3.05, 3.63) is 42.9 Å². The number of amides is 1. The van der Waals surface area contributed by atoms with Gasteiger partial charge in [-0.1, -0.05) is 0 Å². The van der Waals surface area contributed by atoms with Gasteiger partial charge in [0.25, 0.3) is 0 Å². The maximum absolute atomic E-state index is 12.6. The van der Waals surface area contributed by atoms with Crippen LogP contribution in [-0.4, -0.2) is 48.8 Å². The lowest BCUT2D eigenvalue weighted by Crippen LogP contribution is -2.41. The van der Waals surface area contributed by atoms with Crippen molar-refractivity contribution < 1.29 is 17.9 Å². The Morgan fingerprint density at radius 2 is 2.00 bits per heavy atom. The van der Waals surface area contributed by atoms with E-state index in [4.69, 9.17) is 4.74 Å². The number of piperidine rings is 1. The number of ether oxygens (including phenoxy) is 1. The summed E-state index contributed by atoms with van der Waals surface area (Å²) in [6, 6.07) is 6.50. The summed E-state index contributed by atoms with van der Waals surface area (Å²) in [4.78, 5) is 20.5. The normalized spacial score (nSPS) is 16.2. The smallest absolute Gasteiger partial charge is 0.244 e. The lowest BCUT2D eigenvalue weighted by atomic mass is 9.97. The van der Waals surface area contributed by atoms with Gasteiger partial charge in [-0.25, -0.2) is 13.4 Å². The molecule has 0 atom stereocenters. The number of pyridine rings is 2. The van der Waals surface area contributed by atoms with Gasteiger partial charge in [0.15, 0.2) is 0 Å². The van der Waals surface area contributed by atoms with E-state index in [1.165, 1.54) is 36.1 Å². The molecule has 0 spiro atoms. The largest absolute Gasteiger partial charge is 0.481 e. The maximum Gasteiger partial charge on any atom is 0.244 e. The Labute approximate surface area is 152 Å². The molecule has 2 aromatic heterocycles. The minimum Gasteiger partial charge on any atom is -0.481 e. The van der Waals surface area contributed by atoms with Crippen LogP contribution in [0.15, 0.2) is 47.8 Å². The van der Waals surface area contributed by atoms with Crippen LogP contribution in [0, 0.1) is 5.92 Å². The quantitative estimate of drug-likeness (QED) is 0.849. The highest BCUT2D eigenvalue weighted by molar-refractivity contribution is 7.89. The fourth-order valence-corrected chi connectivity index (χ4v) is 4.26. The van der Waals surface area contributed by atoms with Crippen molar-refractivity contribution in [2.45, 2.75) is 17.7 Å². The van der Waals surface area contributed by atoms with Crippen molar-refractivity contribution in [1.82, 2.24) is 14.3 Å². The minimum absolute atomic E-state index is 0.129. The molecular weight excluding hydrogens is 356 g/mol. The number of anilines is 1. The van der Waals surface area contributed by atoms with Gasteiger partial charge in [0.05, 0.1) is 19.0 Å². The van der Waals surface area contributed by atoms with Crippen molar-refractivity contribution in [2.75, 3.05) is 25.5 Å². The molecule has 1 N–H and O–H groups in total. The Morgan fingerprint density at radius 3 is 2.58 bits per heavy atom. The van der Waals surface area contributed by atoms with Crippen LogP contribution < -0.4 is 10.1 Å². The summed E-state index contributed by atoms with van der Waals surface area (Å²) in [6.07, 6.45) is 5.33. The fraction of sp³-hybridized carbons (Fsp3) is 0.353. The standard InChI is InChI=1S/C17H20N4O4S/c1-25-16-5-4-14(11-19-16)20-17(22)13-6-9-21(10-7-13)26(23,24)15-3-2-8-18-12-15/h2-5,8,11-13H,6-7,9-10H2,1H3,(H,20,22). The van der Waals surface area contributed by atoms with Gasteiger partial charge >= 0.3 is 0 Å². The molecule has 0 bridgehead atoms. The van der Waals surface area contributed by atoms with Gasteiger partial charge in [-0.2, -0.15) is 4.31 Å². The third-order valence-electron chi connectivity index (χ3n) is 4.31. The number of nitrogens with zero attached hydrogens (tertiary/aromatic N) is 3. The van der Waals surface area contributed by atoms with E-state index >= 15 is 0 Å². The van der Waals surface area contributed by atoms with Crippen LogP contribution >= 0.6 is 0 Å². The molecule has 0 radical (unpaired) electrons. The Hall–Kier alpha value is -2.52. The molecule has 0 aromatic carbocycles. The fourth-order valence-electron chi connectivity index (χ4n) is 2.83. The van der Waals surface area contributed by atoms with Crippen LogP contribution in [0.4, 0.5) is 5.69 Å². The summed E-state index contributed by atoms with van der Waals surface area (Å²) in [5, 5.41) is 2.81. The van der Waals surface area contributed by atoms with Crippen LogP contribution in [0.1, 0.15) is 12.8 Å². The van der Waals surface area contributed by atoms with Crippen molar-refractivity contribution in [1.29, 1.82) is 0 Å². The molecule has 9 heteroatoms. The highest BCUT2D eigenvalue weighted by Gasteiger charge is 2.32. The third-order valence-corrected chi connectivity index (χ3v) is 6.19. The highest BCUT2D eigenvalue weighted by Crippen LogP contribution is 2.24. The number of rotatable bonds is 5. The Morgan fingerprint density at radius 1 is 1.23 bits per heavy atom. The first-order valence-electron chi connectivity index (χ1n) is 8.22. The molecule has 1 aliphatic heterocycles. The number of hydrogen-bond donors (Lipinski definition) is 1. The first kappa shape index (κ1) is 18.3. The molecule has 138 valence electrons. The zero-order chi connectivity index (χ0) is 18.6. The molecule has 1 saturated heterocycles. The van der Waals surface area contributed by atoms with Crippen molar-refractivity contribution in [3.8, 4) is 5.88 Å². The Bertz CT molecular complexity index is 848. The van der Waals surface area contributed by atoms with Crippen LogP contribution in [0.25, 0.3) is 0 Å². The number of sulfonamides is 1. The first-order valence-corrected chi connectivity index (χ1v) is 9.66. The van der Waals surface area contributed by atoms with Crippen LogP contribution in [0.5, 0.6) is 5.88 Å². The monoisotopic (exact) mass is 376 g/mol. The minimum atomic E-state index is -3.56. The van der Waals surface area contributed by atoms with E-state index in [1.54, 1.807) is 18.2 Å². The second kappa shape index (κ2) is 7.79. The third kappa shape index (κ3) is 4.00. The zero-order valence-corrected chi connectivity index (χ0v) is 15.1. The summed E-state index contributed by atoms with van der Waals surface area (Å²) >= 11 is 0.